The summed E-state index contributed by atoms with van der Waals surface area (Å²) >= 11 is 3.10. The van der Waals surface area contributed by atoms with Crippen molar-refractivity contribution in [2.45, 2.75) is 12.2 Å². The second-order valence-corrected chi connectivity index (χ2v) is 5.65. The summed E-state index contributed by atoms with van der Waals surface area (Å²) in [6, 6.07) is 5.91. The second-order valence-electron chi connectivity index (χ2n) is 3.93. The maximum atomic E-state index is 12.7. The van der Waals surface area contributed by atoms with Crippen LogP contribution in [0.5, 0.6) is 0 Å². The Hall–Kier alpha value is -1.40. The van der Waals surface area contributed by atoms with E-state index in [1.165, 1.54) is 23.5 Å². The maximum Gasteiger partial charge on any atom is 0.230 e. The highest BCUT2D eigenvalue weighted by Crippen LogP contribution is 2.18. The summed E-state index contributed by atoms with van der Waals surface area (Å²) in [6.07, 6.45) is 2.23. The van der Waals surface area contributed by atoms with Gasteiger partial charge in [-0.15, -0.1) is 11.3 Å². The van der Waals surface area contributed by atoms with Crippen LogP contribution in [-0.2, 0) is 17.0 Å². The normalized spacial score (nSPS) is 10.4. The molecule has 0 aliphatic rings. The average Bonchev–Trinajstić information content (AvgIpc) is 2.80. The van der Waals surface area contributed by atoms with Gasteiger partial charge in [0, 0.05) is 11.1 Å². The van der Waals surface area contributed by atoms with Gasteiger partial charge in [-0.05, 0) is 24.0 Å². The second kappa shape index (κ2) is 6.68. The lowest BCUT2D eigenvalue weighted by molar-refractivity contribution is -0.115. The molecule has 100 valence electrons. The SMILES string of the molecule is CSCc1csc(NC(=O)Cc2ccc(F)cc2)n1. The molecule has 3 nitrogen and oxygen atoms in total. The summed E-state index contributed by atoms with van der Waals surface area (Å²) in [5.74, 6) is 0.395. The lowest BCUT2D eigenvalue weighted by atomic mass is 10.1. The minimum atomic E-state index is -0.300. The minimum absolute atomic E-state index is 0.142. The molecular weight excluding hydrogens is 283 g/mol. The maximum absolute atomic E-state index is 12.7. The lowest BCUT2D eigenvalue weighted by Crippen LogP contribution is -2.14. The zero-order chi connectivity index (χ0) is 13.7. The highest BCUT2D eigenvalue weighted by molar-refractivity contribution is 7.97. The van der Waals surface area contributed by atoms with Gasteiger partial charge >= 0.3 is 0 Å². The van der Waals surface area contributed by atoms with Crippen LogP contribution in [-0.4, -0.2) is 17.1 Å². The smallest absolute Gasteiger partial charge is 0.230 e. The van der Waals surface area contributed by atoms with E-state index < -0.39 is 0 Å². The molecule has 0 atom stereocenters. The fraction of sp³-hybridized carbons (Fsp3) is 0.231. The average molecular weight is 296 g/mol. The summed E-state index contributed by atoms with van der Waals surface area (Å²) in [4.78, 5) is 16.1. The van der Waals surface area contributed by atoms with Gasteiger partial charge in [-0.2, -0.15) is 11.8 Å². The molecule has 0 aliphatic carbocycles. The molecule has 1 amide bonds. The number of halogens is 1. The quantitative estimate of drug-likeness (QED) is 0.920. The van der Waals surface area contributed by atoms with E-state index in [4.69, 9.17) is 0 Å². The molecule has 2 rings (SSSR count). The topological polar surface area (TPSA) is 42.0 Å². The molecule has 0 saturated carbocycles. The van der Waals surface area contributed by atoms with E-state index in [2.05, 4.69) is 10.3 Å². The van der Waals surface area contributed by atoms with E-state index in [1.54, 1.807) is 23.9 Å². The van der Waals surface area contributed by atoms with Crippen LogP contribution < -0.4 is 5.32 Å². The molecule has 6 heteroatoms. The number of hydrogen-bond donors (Lipinski definition) is 1. The highest BCUT2D eigenvalue weighted by Gasteiger charge is 2.07. The van der Waals surface area contributed by atoms with Gasteiger partial charge in [-0.3, -0.25) is 4.79 Å². The first-order valence-electron chi connectivity index (χ1n) is 5.65. The van der Waals surface area contributed by atoms with Gasteiger partial charge in [0.1, 0.15) is 5.82 Å². The van der Waals surface area contributed by atoms with Crippen molar-refractivity contribution < 1.29 is 9.18 Å². The number of aromatic nitrogens is 1. The van der Waals surface area contributed by atoms with Crippen molar-refractivity contribution in [1.29, 1.82) is 0 Å². The Bertz CT molecular complexity index is 554. The van der Waals surface area contributed by atoms with Gasteiger partial charge in [0.2, 0.25) is 5.91 Å². The van der Waals surface area contributed by atoms with Crippen LogP contribution in [0, 0.1) is 5.82 Å². The number of carbonyl (C=O) groups excluding carboxylic acids is 1. The monoisotopic (exact) mass is 296 g/mol. The standard InChI is InChI=1S/C13H13FN2OS2/c1-18-7-11-8-19-13(15-11)16-12(17)6-9-2-4-10(14)5-3-9/h2-5,8H,6-7H2,1H3,(H,15,16,17). The molecule has 1 N–H and O–H groups in total. The summed E-state index contributed by atoms with van der Waals surface area (Å²) < 4.78 is 12.7. The van der Waals surface area contributed by atoms with Gasteiger partial charge in [-0.1, -0.05) is 12.1 Å². The van der Waals surface area contributed by atoms with E-state index in [0.29, 0.717) is 5.13 Å². The van der Waals surface area contributed by atoms with Gasteiger partial charge in [-0.25, -0.2) is 9.37 Å². The molecule has 19 heavy (non-hydrogen) atoms. The summed E-state index contributed by atoms with van der Waals surface area (Å²) in [7, 11) is 0. The molecule has 0 bridgehead atoms. The van der Waals surface area contributed by atoms with Crippen LogP contribution in [0.25, 0.3) is 0 Å². The third-order valence-corrected chi connectivity index (χ3v) is 3.76. The Morgan fingerprint density at radius 3 is 2.84 bits per heavy atom. The van der Waals surface area contributed by atoms with E-state index in [1.807, 2.05) is 11.6 Å². The van der Waals surface area contributed by atoms with Crippen LogP contribution >= 0.6 is 23.1 Å². The molecule has 1 aromatic heterocycles. The van der Waals surface area contributed by atoms with Crippen LogP contribution in [0.15, 0.2) is 29.6 Å². The largest absolute Gasteiger partial charge is 0.302 e. The molecule has 0 aliphatic heterocycles. The van der Waals surface area contributed by atoms with Crippen molar-refractivity contribution in [3.05, 3.63) is 46.7 Å². The molecule has 1 heterocycles. The summed E-state index contributed by atoms with van der Waals surface area (Å²) in [5.41, 5.74) is 1.74. The molecule has 1 aromatic carbocycles. The number of thiazole rings is 1. The van der Waals surface area contributed by atoms with E-state index in [-0.39, 0.29) is 18.1 Å². The fourth-order valence-electron chi connectivity index (χ4n) is 1.53. The fourth-order valence-corrected chi connectivity index (χ4v) is 2.81. The number of nitrogens with zero attached hydrogens (tertiary/aromatic N) is 1. The van der Waals surface area contributed by atoms with E-state index in [0.717, 1.165) is 17.0 Å². The first-order chi connectivity index (χ1) is 9.17. The number of anilines is 1. The molecule has 0 spiro atoms. The molecule has 0 unspecified atom stereocenters. The molecule has 0 radical (unpaired) electrons. The van der Waals surface area contributed by atoms with Gasteiger partial charge in [0.05, 0.1) is 12.1 Å². The number of rotatable bonds is 5. The number of amides is 1. The van der Waals surface area contributed by atoms with Gasteiger partial charge in [0.15, 0.2) is 5.13 Å². The van der Waals surface area contributed by atoms with Crippen molar-refractivity contribution in [2.75, 3.05) is 11.6 Å². The Morgan fingerprint density at radius 1 is 1.42 bits per heavy atom. The molecular formula is C13H13FN2OS2. The minimum Gasteiger partial charge on any atom is -0.302 e. The van der Waals surface area contributed by atoms with Crippen LogP contribution in [0.2, 0.25) is 0 Å². The molecule has 0 saturated heterocycles. The Morgan fingerprint density at radius 2 is 2.16 bits per heavy atom. The number of nitrogens with one attached hydrogen (secondary N) is 1. The summed E-state index contributed by atoms with van der Waals surface area (Å²) in [6.45, 7) is 0. The van der Waals surface area contributed by atoms with Crippen molar-refractivity contribution >= 4 is 34.1 Å². The highest BCUT2D eigenvalue weighted by atomic mass is 32.2. The van der Waals surface area contributed by atoms with Gasteiger partial charge < -0.3 is 5.32 Å². The van der Waals surface area contributed by atoms with Crippen molar-refractivity contribution in [3.63, 3.8) is 0 Å². The number of benzene rings is 1. The summed E-state index contributed by atoms with van der Waals surface area (Å²) in [5, 5.41) is 5.29. The van der Waals surface area contributed by atoms with Crippen molar-refractivity contribution in [1.82, 2.24) is 4.98 Å². The van der Waals surface area contributed by atoms with Crippen LogP contribution in [0.1, 0.15) is 11.3 Å². The lowest BCUT2D eigenvalue weighted by Gasteiger charge is -2.02. The number of thioether (sulfide) groups is 1. The predicted molar refractivity (Wildman–Crippen MR) is 78.1 cm³/mol. The Balaban J connectivity index is 1.91. The van der Waals surface area contributed by atoms with Crippen molar-refractivity contribution in [3.8, 4) is 0 Å². The Kier molecular flexibility index (Phi) is 4.93. The number of carbonyl (C=O) groups is 1. The third kappa shape index (κ3) is 4.33. The van der Waals surface area contributed by atoms with E-state index in [9.17, 15) is 9.18 Å². The van der Waals surface area contributed by atoms with Crippen LogP contribution in [0.4, 0.5) is 9.52 Å². The zero-order valence-electron chi connectivity index (χ0n) is 10.4. The zero-order valence-corrected chi connectivity index (χ0v) is 12.0. The predicted octanol–water partition coefficient (Wildman–Crippen LogP) is 3.33. The first kappa shape index (κ1) is 14.0. The molecule has 0 fully saturated rings. The number of hydrogen-bond acceptors (Lipinski definition) is 4. The first-order valence-corrected chi connectivity index (χ1v) is 7.92. The van der Waals surface area contributed by atoms with E-state index >= 15 is 0 Å². The van der Waals surface area contributed by atoms with Crippen molar-refractivity contribution in [2.24, 2.45) is 0 Å². The molecule has 2 aromatic rings. The van der Waals surface area contributed by atoms with Gasteiger partial charge in [0.25, 0.3) is 0 Å². The van der Waals surface area contributed by atoms with Crippen LogP contribution in [0.3, 0.4) is 0 Å². The third-order valence-electron chi connectivity index (χ3n) is 2.37. The Labute approximate surface area is 119 Å².